The molecule has 3 N–H and O–H groups in total. The van der Waals surface area contributed by atoms with Gasteiger partial charge in [0.25, 0.3) is 0 Å². The molecular weight excluding hydrogens is 294 g/mol. The van der Waals surface area contributed by atoms with Crippen LogP contribution in [0.4, 0.5) is 4.79 Å². The van der Waals surface area contributed by atoms with Crippen molar-refractivity contribution in [2.24, 2.45) is 10.4 Å². The topological polar surface area (TPSA) is 85.8 Å². The van der Waals surface area contributed by atoms with Crippen molar-refractivity contribution in [3.8, 4) is 0 Å². The molecule has 7 heteroatoms. The van der Waals surface area contributed by atoms with Gasteiger partial charge in [-0.05, 0) is 11.8 Å². The highest BCUT2D eigenvalue weighted by molar-refractivity contribution is 6.01. The molecule has 0 saturated carbocycles. The molecule has 1 rings (SSSR count). The smallest absolute Gasteiger partial charge is 0.324 e. The molecule has 0 spiro atoms. The van der Waals surface area contributed by atoms with E-state index in [0.717, 1.165) is 6.54 Å². The fourth-order valence-electron chi connectivity index (χ4n) is 2.45. The molecule has 132 valence electrons. The summed E-state index contributed by atoms with van der Waals surface area (Å²) in [6, 6.07) is -0.322. The number of nitrogens with one attached hydrogen (secondary N) is 3. The molecule has 7 nitrogen and oxygen atoms in total. The van der Waals surface area contributed by atoms with Gasteiger partial charge in [0.05, 0.1) is 6.54 Å². The van der Waals surface area contributed by atoms with Crippen LogP contribution in [0.25, 0.3) is 0 Å². The highest BCUT2D eigenvalue weighted by Crippen LogP contribution is 2.22. The minimum atomic E-state index is -0.322. The molecule has 3 amide bonds. The summed E-state index contributed by atoms with van der Waals surface area (Å²) >= 11 is 0. The largest absolute Gasteiger partial charge is 0.356 e. The summed E-state index contributed by atoms with van der Waals surface area (Å²) in [4.78, 5) is 28.3. The predicted octanol–water partition coefficient (Wildman–Crippen LogP) is 1.31. The van der Waals surface area contributed by atoms with Crippen LogP contribution in [-0.2, 0) is 4.79 Å². The number of aliphatic imine (C=N–C) groups is 1. The Morgan fingerprint density at radius 3 is 2.61 bits per heavy atom. The maximum Gasteiger partial charge on any atom is 0.324 e. The first-order valence-electron chi connectivity index (χ1n) is 8.42. The van der Waals surface area contributed by atoms with Crippen molar-refractivity contribution >= 4 is 17.9 Å². The Morgan fingerprint density at radius 1 is 1.30 bits per heavy atom. The highest BCUT2D eigenvalue weighted by atomic mass is 16.2. The fourth-order valence-corrected chi connectivity index (χ4v) is 2.45. The number of hydrogen-bond acceptors (Lipinski definition) is 3. The monoisotopic (exact) mass is 325 g/mol. The zero-order chi connectivity index (χ0) is 17.3. The van der Waals surface area contributed by atoms with Gasteiger partial charge in [-0.1, -0.05) is 40.0 Å². The second-order valence-corrected chi connectivity index (χ2v) is 6.68. The minimum Gasteiger partial charge on any atom is -0.356 e. The Labute approximate surface area is 139 Å². The Balaban J connectivity index is 2.29. The van der Waals surface area contributed by atoms with Crippen molar-refractivity contribution in [1.82, 2.24) is 20.9 Å². The summed E-state index contributed by atoms with van der Waals surface area (Å²) in [5, 5.41) is 8.97. The Bertz CT molecular complexity index is 418. The van der Waals surface area contributed by atoms with Gasteiger partial charge in [0.1, 0.15) is 0 Å². The van der Waals surface area contributed by atoms with Crippen LogP contribution >= 0.6 is 0 Å². The minimum absolute atomic E-state index is 0.0950. The third kappa shape index (κ3) is 6.88. The molecule has 1 saturated heterocycles. The van der Waals surface area contributed by atoms with Gasteiger partial charge in [0.2, 0.25) is 5.91 Å². The number of nitrogens with zero attached hydrogens (tertiary/aromatic N) is 2. The number of unbranched alkanes of at least 4 members (excludes halogenated alkanes) is 2. The van der Waals surface area contributed by atoms with Crippen molar-refractivity contribution in [3.05, 3.63) is 0 Å². The molecule has 1 aliphatic rings. The lowest BCUT2D eigenvalue weighted by molar-refractivity contribution is -0.124. The van der Waals surface area contributed by atoms with Crippen LogP contribution in [0.5, 0.6) is 0 Å². The first-order chi connectivity index (χ1) is 10.9. The third-order valence-corrected chi connectivity index (χ3v) is 3.98. The molecule has 1 heterocycles. The Morgan fingerprint density at radius 2 is 2.04 bits per heavy atom. The van der Waals surface area contributed by atoms with Crippen LogP contribution < -0.4 is 16.0 Å². The molecule has 0 aromatic rings. The van der Waals surface area contributed by atoms with E-state index >= 15 is 0 Å². The number of amides is 3. The number of imide groups is 1. The fraction of sp³-hybridized carbons (Fsp3) is 0.812. The predicted molar refractivity (Wildman–Crippen MR) is 92.4 cm³/mol. The van der Waals surface area contributed by atoms with Crippen molar-refractivity contribution in [1.29, 1.82) is 0 Å². The summed E-state index contributed by atoms with van der Waals surface area (Å²) in [7, 11) is 1.72. The van der Waals surface area contributed by atoms with Gasteiger partial charge in [-0.15, -0.1) is 0 Å². The van der Waals surface area contributed by atoms with Gasteiger partial charge in [-0.2, -0.15) is 0 Å². The number of rotatable bonds is 9. The van der Waals surface area contributed by atoms with E-state index in [4.69, 9.17) is 0 Å². The molecule has 0 radical (unpaired) electrons. The van der Waals surface area contributed by atoms with Crippen LogP contribution in [0.15, 0.2) is 4.99 Å². The van der Waals surface area contributed by atoms with Crippen molar-refractivity contribution in [2.75, 3.05) is 33.2 Å². The molecule has 0 aromatic heterocycles. The van der Waals surface area contributed by atoms with Gasteiger partial charge >= 0.3 is 6.03 Å². The Hall–Kier alpha value is -1.79. The van der Waals surface area contributed by atoms with Crippen LogP contribution in [0.1, 0.15) is 46.5 Å². The quantitative estimate of drug-likeness (QED) is 0.258. The van der Waals surface area contributed by atoms with Gasteiger partial charge in [-0.3, -0.25) is 14.7 Å². The zero-order valence-electron chi connectivity index (χ0n) is 14.9. The van der Waals surface area contributed by atoms with Crippen molar-refractivity contribution in [2.45, 2.75) is 46.5 Å². The standard InChI is InChI=1S/C16H31N5O2/c1-5-6-7-8-16(2,3)12-20-14(17-4)18-9-10-21-13(22)11-19-15(21)23/h5-12H2,1-4H3,(H,19,23)(H2,17,18,20). The average Bonchev–Trinajstić information content (AvgIpc) is 2.82. The van der Waals surface area contributed by atoms with E-state index in [1.807, 2.05) is 0 Å². The van der Waals surface area contributed by atoms with Crippen LogP contribution in [0, 0.1) is 5.41 Å². The highest BCUT2D eigenvalue weighted by Gasteiger charge is 2.27. The van der Waals surface area contributed by atoms with Gasteiger partial charge < -0.3 is 16.0 Å². The summed E-state index contributed by atoms with van der Waals surface area (Å²) < 4.78 is 0. The zero-order valence-corrected chi connectivity index (χ0v) is 14.9. The van der Waals surface area contributed by atoms with Crippen LogP contribution in [0.2, 0.25) is 0 Å². The molecular formula is C16H31N5O2. The third-order valence-electron chi connectivity index (χ3n) is 3.98. The van der Waals surface area contributed by atoms with E-state index in [1.165, 1.54) is 30.6 Å². The van der Waals surface area contributed by atoms with E-state index < -0.39 is 0 Å². The normalized spacial score (nSPS) is 15.8. The lowest BCUT2D eigenvalue weighted by Crippen LogP contribution is -2.45. The maximum atomic E-state index is 11.5. The second kappa shape index (κ2) is 9.37. The number of carbonyl (C=O) groups is 2. The second-order valence-electron chi connectivity index (χ2n) is 6.68. The van der Waals surface area contributed by atoms with E-state index in [-0.39, 0.29) is 23.9 Å². The van der Waals surface area contributed by atoms with Crippen LogP contribution in [-0.4, -0.2) is 56.0 Å². The van der Waals surface area contributed by atoms with E-state index in [0.29, 0.717) is 19.0 Å². The molecule has 0 aromatic carbocycles. The lowest BCUT2D eigenvalue weighted by Gasteiger charge is -2.26. The van der Waals surface area contributed by atoms with Gasteiger partial charge in [0, 0.05) is 26.7 Å². The van der Waals surface area contributed by atoms with E-state index in [1.54, 1.807) is 7.05 Å². The average molecular weight is 325 g/mol. The number of hydrogen-bond donors (Lipinski definition) is 3. The van der Waals surface area contributed by atoms with Crippen LogP contribution in [0.3, 0.4) is 0 Å². The summed E-state index contributed by atoms with van der Waals surface area (Å²) in [5.74, 6) is 0.512. The first kappa shape index (κ1) is 19.3. The number of carbonyl (C=O) groups excluding carboxylic acids is 2. The molecule has 23 heavy (non-hydrogen) atoms. The number of guanidine groups is 1. The number of urea groups is 1. The summed E-state index contributed by atoms with van der Waals surface area (Å²) in [5.41, 5.74) is 0.206. The van der Waals surface area contributed by atoms with Gasteiger partial charge in [0.15, 0.2) is 5.96 Å². The molecule has 0 aliphatic carbocycles. The molecule has 0 unspecified atom stereocenters. The van der Waals surface area contributed by atoms with Crippen molar-refractivity contribution < 1.29 is 9.59 Å². The summed E-state index contributed by atoms with van der Waals surface area (Å²) in [6.07, 6.45) is 4.91. The summed E-state index contributed by atoms with van der Waals surface area (Å²) in [6.45, 7) is 8.45. The molecule has 1 aliphatic heterocycles. The molecule has 0 bridgehead atoms. The van der Waals surface area contributed by atoms with E-state index in [9.17, 15) is 9.59 Å². The lowest BCUT2D eigenvalue weighted by atomic mass is 9.87. The first-order valence-corrected chi connectivity index (χ1v) is 8.42. The Kier molecular flexibility index (Phi) is 7.85. The SMILES string of the molecule is CCCCCC(C)(C)CNC(=NC)NCCN1C(=O)CNC1=O. The van der Waals surface area contributed by atoms with Gasteiger partial charge in [-0.25, -0.2) is 4.79 Å². The molecule has 1 fully saturated rings. The van der Waals surface area contributed by atoms with Crippen molar-refractivity contribution in [3.63, 3.8) is 0 Å². The van der Waals surface area contributed by atoms with E-state index in [2.05, 4.69) is 41.7 Å². The molecule has 0 atom stereocenters. The maximum absolute atomic E-state index is 11.5.